The normalized spacial score (nSPS) is 10.2. The predicted molar refractivity (Wildman–Crippen MR) is 77.0 cm³/mol. The van der Waals surface area contributed by atoms with E-state index in [0.29, 0.717) is 11.4 Å². The molecule has 0 spiro atoms. The molecule has 0 saturated carbocycles. The van der Waals surface area contributed by atoms with E-state index in [1.165, 1.54) is 0 Å². The first kappa shape index (κ1) is 14.7. The van der Waals surface area contributed by atoms with Gasteiger partial charge in [-0.2, -0.15) is 0 Å². The maximum atomic E-state index is 11.2. The highest BCUT2D eigenvalue weighted by Crippen LogP contribution is 2.30. The largest absolute Gasteiger partial charge is 0.313 e. The van der Waals surface area contributed by atoms with Crippen LogP contribution in [0, 0.1) is 0 Å². The van der Waals surface area contributed by atoms with Gasteiger partial charge in [0.2, 0.25) is 0 Å². The third-order valence-electron chi connectivity index (χ3n) is 2.27. The molecule has 0 atom stereocenters. The topological polar surface area (TPSA) is 72.0 Å². The molecular weight excluding hydrogens is 325 g/mol. The van der Waals surface area contributed by atoms with Crippen LogP contribution in [0.3, 0.4) is 0 Å². The van der Waals surface area contributed by atoms with Crippen LogP contribution in [-0.2, 0) is 9.59 Å². The molecule has 0 aliphatic heterocycles. The molecule has 0 aliphatic carbocycles. The number of halogens is 3. The number of amides is 1. The Bertz CT molecular complexity index is 654. The molecule has 1 aromatic carbocycles. The summed E-state index contributed by atoms with van der Waals surface area (Å²) in [5.41, 5.74) is 0.648. The molecule has 0 aliphatic rings. The number of carbonyl (C=O) groups excluding carboxylic acids is 2. The Morgan fingerprint density at radius 3 is 2.05 bits per heavy atom. The Morgan fingerprint density at radius 2 is 1.55 bits per heavy atom. The molecule has 0 saturated heterocycles. The summed E-state index contributed by atoms with van der Waals surface area (Å²) < 4.78 is 0. The number of rotatable bonds is 3. The minimum Gasteiger partial charge on any atom is -0.313 e. The monoisotopic (exact) mass is 329 g/mol. The van der Waals surface area contributed by atoms with Crippen LogP contribution >= 0.6 is 34.8 Å². The van der Waals surface area contributed by atoms with E-state index in [4.69, 9.17) is 34.8 Å². The second kappa shape index (κ2) is 6.17. The van der Waals surface area contributed by atoms with Gasteiger partial charge >= 0.3 is 11.1 Å². The van der Waals surface area contributed by atoms with Crippen molar-refractivity contribution in [1.29, 1.82) is 0 Å². The van der Waals surface area contributed by atoms with Gasteiger partial charge in [-0.25, -0.2) is 9.97 Å². The van der Waals surface area contributed by atoms with Crippen LogP contribution < -0.4 is 5.32 Å². The molecule has 1 amide bonds. The molecule has 2 aromatic rings. The second-order valence-corrected chi connectivity index (χ2v) is 4.66. The van der Waals surface area contributed by atoms with Gasteiger partial charge in [-0.1, -0.05) is 53.5 Å². The van der Waals surface area contributed by atoms with E-state index in [2.05, 4.69) is 15.3 Å². The van der Waals surface area contributed by atoms with Gasteiger partial charge in [0, 0.05) is 5.56 Å². The van der Waals surface area contributed by atoms with Gasteiger partial charge in [-0.05, 0) is 11.6 Å². The molecule has 20 heavy (non-hydrogen) atoms. The van der Waals surface area contributed by atoms with Crippen LogP contribution in [-0.4, -0.2) is 21.1 Å². The van der Waals surface area contributed by atoms with Gasteiger partial charge in [0.1, 0.15) is 5.69 Å². The summed E-state index contributed by atoms with van der Waals surface area (Å²) in [5, 5.41) is 0.781. The van der Waals surface area contributed by atoms with Crippen molar-refractivity contribution in [2.45, 2.75) is 0 Å². The van der Waals surface area contributed by atoms with Crippen molar-refractivity contribution < 1.29 is 9.59 Å². The molecule has 1 aromatic heterocycles. The van der Waals surface area contributed by atoms with Crippen molar-refractivity contribution >= 4 is 51.6 Å². The Morgan fingerprint density at radius 1 is 1.00 bits per heavy atom. The van der Waals surface area contributed by atoms with Crippen molar-refractivity contribution in [3.05, 3.63) is 40.6 Å². The van der Waals surface area contributed by atoms with Gasteiger partial charge < -0.3 is 5.32 Å². The van der Waals surface area contributed by atoms with Crippen molar-refractivity contribution in [1.82, 2.24) is 9.97 Å². The van der Waals surface area contributed by atoms with Crippen LogP contribution in [0.2, 0.25) is 10.3 Å². The van der Waals surface area contributed by atoms with Crippen LogP contribution in [0.25, 0.3) is 11.4 Å². The quantitative estimate of drug-likeness (QED) is 0.533. The molecule has 0 unspecified atom stereocenters. The SMILES string of the molecule is O=C(Cl)C(=O)Nc1c(Cl)nc(-c2ccccc2)nc1Cl. The molecule has 0 fully saturated rings. The molecular formula is C12H6Cl3N3O2. The smallest absolute Gasteiger partial charge is 0.310 e. The Balaban J connectivity index is 2.39. The summed E-state index contributed by atoms with van der Waals surface area (Å²) >= 11 is 16.9. The lowest BCUT2D eigenvalue weighted by Gasteiger charge is -2.08. The standard InChI is InChI=1S/C12H6Cl3N3O2/c13-8-7(16-12(20)10(15)19)9(14)18-11(17-8)6-4-2-1-3-5-6/h1-5H,(H,16,20). The average molecular weight is 331 g/mol. The maximum Gasteiger partial charge on any atom is 0.310 e. The molecule has 8 heteroatoms. The summed E-state index contributed by atoms with van der Waals surface area (Å²) in [5.74, 6) is -0.762. The van der Waals surface area contributed by atoms with Crippen molar-refractivity contribution in [2.75, 3.05) is 5.32 Å². The van der Waals surface area contributed by atoms with Crippen molar-refractivity contribution in [2.24, 2.45) is 0 Å². The zero-order chi connectivity index (χ0) is 14.7. The minimum atomic E-state index is -1.19. The highest BCUT2D eigenvalue weighted by atomic mass is 35.5. The molecule has 0 radical (unpaired) electrons. The molecule has 2 rings (SSSR count). The van der Waals surface area contributed by atoms with Crippen molar-refractivity contribution in [3.63, 3.8) is 0 Å². The lowest BCUT2D eigenvalue weighted by Crippen LogP contribution is -2.19. The van der Waals surface area contributed by atoms with E-state index in [1.54, 1.807) is 12.1 Å². The first-order valence-electron chi connectivity index (χ1n) is 5.28. The molecule has 102 valence electrons. The number of hydrogen-bond donors (Lipinski definition) is 1. The van der Waals surface area contributed by atoms with E-state index in [-0.39, 0.29) is 16.0 Å². The average Bonchev–Trinajstić information content (AvgIpc) is 2.43. The van der Waals surface area contributed by atoms with E-state index >= 15 is 0 Å². The molecule has 5 nitrogen and oxygen atoms in total. The zero-order valence-corrected chi connectivity index (χ0v) is 12.0. The van der Waals surface area contributed by atoms with E-state index < -0.39 is 11.1 Å². The van der Waals surface area contributed by atoms with Crippen LogP contribution in [0.15, 0.2) is 30.3 Å². The van der Waals surface area contributed by atoms with Crippen molar-refractivity contribution in [3.8, 4) is 11.4 Å². The fraction of sp³-hybridized carbons (Fsp3) is 0. The highest BCUT2D eigenvalue weighted by Gasteiger charge is 2.18. The number of aromatic nitrogens is 2. The molecule has 1 heterocycles. The summed E-state index contributed by atoms with van der Waals surface area (Å²) in [7, 11) is 0. The lowest BCUT2D eigenvalue weighted by atomic mass is 10.2. The number of carbonyl (C=O) groups is 2. The van der Waals surface area contributed by atoms with Gasteiger partial charge in [0.05, 0.1) is 0 Å². The third-order valence-corrected chi connectivity index (χ3v) is 2.99. The summed E-state index contributed by atoms with van der Waals surface area (Å²) in [6.07, 6.45) is 0. The predicted octanol–water partition coefficient (Wildman–Crippen LogP) is 3.15. The van der Waals surface area contributed by atoms with Gasteiger partial charge in [-0.15, -0.1) is 0 Å². The van der Waals surface area contributed by atoms with E-state index in [9.17, 15) is 9.59 Å². The summed E-state index contributed by atoms with van der Waals surface area (Å²) in [6.45, 7) is 0. The fourth-order valence-corrected chi connectivity index (χ4v) is 1.92. The van der Waals surface area contributed by atoms with E-state index in [0.717, 1.165) is 0 Å². The first-order chi connectivity index (χ1) is 9.49. The number of benzene rings is 1. The fourth-order valence-electron chi connectivity index (χ4n) is 1.39. The Labute approximate surface area is 128 Å². The van der Waals surface area contributed by atoms with Crippen LogP contribution in [0.4, 0.5) is 5.69 Å². The molecule has 1 N–H and O–H groups in total. The number of nitrogens with zero attached hydrogens (tertiary/aromatic N) is 2. The highest BCUT2D eigenvalue weighted by molar-refractivity contribution is 6.82. The number of hydrogen-bond acceptors (Lipinski definition) is 4. The van der Waals surface area contributed by atoms with Gasteiger partial charge in [0.15, 0.2) is 16.1 Å². The third kappa shape index (κ3) is 3.25. The zero-order valence-electron chi connectivity index (χ0n) is 9.73. The van der Waals surface area contributed by atoms with E-state index in [1.807, 2.05) is 18.2 Å². The summed E-state index contributed by atoms with van der Waals surface area (Å²) in [4.78, 5) is 29.9. The maximum absolute atomic E-state index is 11.2. The van der Waals surface area contributed by atoms with Crippen LogP contribution in [0.5, 0.6) is 0 Å². The number of nitrogens with one attached hydrogen (secondary N) is 1. The minimum absolute atomic E-state index is 0.0629. The Kier molecular flexibility index (Phi) is 4.54. The summed E-state index contributed by atoms with van der Waals surface area (Å²) in [6, 6.07) is 9.02. The molecule has 0 bridgehead atoms. The number of anilines is 1. The second-order valence-electron chi connectivity index (χ2n) is 3.60. The first-order valence-corrected chi connectivity index (χ1v) is 6.41. The van der Waals surface area contributed by atoms with Gasteiger partial charge in [-0.3, -0.25) is 9.59 Å². The van der Waals surface area contributed by atoms with Crippen LogP contribution in [0.1, 0.15) is 0 Å². The van der Waals surface area contributed by atoms with Gasteiger partial charge in [0.25, 0.3) is 0 Å². The Hall–Kier alpha value is -1.69. The lowest BCUT2D eigenvalue weighted by molar-refractivity contribution is -0.130.